The van der Waals surface area contributed by atoms with Crippen LogP contribution in [0.3, 0.4) is 0 Å². The standard InChI is InChI=1S/C11H16N2/c1-9-4-2-3-5-11(9)13-7-6-10(12)8-13/h2-5,10H,6-8,12H2,1H3. The summed E-state index contributed by atoms with van der Waals surface area (Å²) >= 11 is 0. The first-order valence-corrected chi connectivity index (χ1v) is 4.83. The maximum absolute atomic E-state index is 5.87. The van der Waals surface area contributed by atoms with Crippen LogP contribution in [0, 0.1) is 6.92 Å². The molecule has 2 nitrogen and oxygen atoms in total. The largest absolute Gasteiger partial charge is 0.370 e. The molecule has 1 aromatic rings. The van der Waals surface area contributed by atoms with Gasteiger partial charge in [-0.05, 0) is 25.0 Å². The van der Waals surface area contributed by atoms with Gasteiger partial charge in [0.2, 0.25) is 0 Å². The van der Waals surface area contributed by atoms with E-state index >= 15 is 0 Å². The molecule has 1 atom stereocenters. The molecule has 1 heterocycles. The molecule has 13 heavy (non-hydrogen) atoms. The van der Waals surface area contributed by atoms with Crippen LogP contribution in [-0.4, -0.2) is 19.1 Å². The second kappa shape index (κ2) is 3.38. The van der Waals surface area contributed by atoms with E-state index < -0.39 is 0 Å². The smallest absolute Gasteiger partial charge is 0.0396 e. The van der Waals surface area contributed by atoms with Crippen LogP contribution >= 0.6 is 0 Å². The summed E-state index contributed by atoms with van der Waals surface area (Å²) in [5.41, 5.74) is 8.56. The fourth-order valence-corrected chi connectivity index (χ4v) is 1.92. The Kier molecular flexibility index (Phi) is 2.23. The van der Waals surface area contributed by atoms with Gasteiger partial charge in [-0.15, -0.1) is 0 Å². The first-order valence-electron chi connectivity index (χ1n) is 4.83. The lowest BCUT2D eigenvalue weighted by Gasteiger charge is -2.20. The zero-order valence-corrected chi connectivity index (χ0v) is 8.03. The molecule has 1 saturated heterocycles. The molecular formula is C11H16N2. The van der Waals surface area contributed by atoms with Crippen LogP contribution in [0.4, 0.5) is 5.69 Å². The predicted molar refractivity (Wildman–Crippen MR) is 56.0 cm³/mol. The van der Waals surface area contributed by atoms with E-state index in [0.29, 0.717) is 6.04 Å². The third-order valence-electron chi connectivity index (χ3n) is 2.68. The summed E-state index contributed by atoms with van der Waals surface area (Å²) < 4.78 is 0. The molecule has 0 spiro atoms. The van der Waals surface area contributed by atoms with Crippen LogP contribution in [0.15, 0.2) is 24.3 Å². The lowest BCUT2D eigenvalue weighted by Crippen LogP contribution is -2.26. The van der Waals surface area contributed by atoms with Crippen LogP contribution in [-0.2, 0) is 0 Å². The van der Waals surface area contributed by atoms with Crippen molar-refractivity contribution < 1.29 is 0 Å². The molecule has 1 aromatic carbocycles. The number of hydrogen-bond acceptors (Lipinski definition) is 2. The highest BCUT2D eigenvalue weighted by atomic mass is 15.2. The maximum atomic E-state index is 5.87. The summed E-state index contributed by atoms with van der Waals surface area (Å²) in [6, 6.07) is 8.85. The van der Waals surface area contributed by atoms with E-state index in [9.17, 15) is 0 Å². The minimum atomic E-state index is 0.361. The van der Waals surface area contributed by atoms with Gasteiger partial charge in [0.05, 0.1) is 0 Å². The van der Waals surface area contributed by atoms with Crippen molar-refractivity contribution in [1.82, 2.24) is 0 Å². The molecule has 2 N–H and O–H groups in total. The zero-order chi connectivity index (χ0) is 9.26. The quantitative estimate of drug-likeness (QED) is 0.703. The second-order valence-corrected chi connectivity index (χ2v) is 3.78. The molecular weight excluding hydrogens is 160 g/mol. The Morgan fingerprint density at radius 1 is 1.38 bits per heavy atom. The fourth-order valence-electron chi connectivity index (χ4n) is 1.92. The molecule has 70 valence electrons. The first kappa shape index (κ1) is 8.57. The highest BCUT2D eigenvalue weighted by Gasteiger charge is 2.19. The van der Waals surface area contributed by atoms with E-state index in [1.165, 1.54) is 11.3 Å². The molecule has 1 unspecified atom stereocenters. The Morgan fingerprint density at radius 3 is 2.77 bits per heavy atom. The van der Waals surface area contributed by atoms with Crippen molar-refractivity contribution in [3.63, 3.8) is 0 Å². The van der Waals surface area contributed by atoms with Gasteiger partial charge in [-0.3, -0.25) is 0 Å². The number of para-hydroxylation sites is 1. The van der Waals surface area contributed by atoms with E-state index in [4.69, 9.17) is 5.73 Å². The highest BCUT2D eigenvalue weighted by Crippen LogP contribution is 2.22. The van der Waals surface area contributed by atoms with Crippen molar-refractivity contribution in [3.05, 3.63) is 29.8 Å². The summed E-state index contributed by atoms with van der Waals surface area (Å²) in [5.74, 6) is 0. The highest BCUT2D eigenvalue weighted by molar-refractivity contribution is 5.53. The van der Waals surface area contributed by atoms with Crippen LogP contribution < -0.4 is 10.6 Å². The number of aryl methyl sites for hydroxylation is 1. The van der Waals surface area contributed by atoms with Crippen molar-refractivity contribution in [2.45, 2.75) is 19.4 Å². The lowest BCUT2D eigenvalue weighted by molar-refractivity contribution is 0.752. The van der Waals surface area contributed by atoms with Crippen molar-refractivity contribution >= 4 is 5.69 Å². The normalized spacial score (nSPS) is 22.3. The van der Waals surface area contributed by atoms with Crippen molar-refractivity contribution in [2.75, 3.05) is 18.0 Å². The number of benzene rings is 1. The summed E-state index contributed by atoms with van der Waals surface area (Å²) in [6.07, 6.45) is 1.12. The van der Waals surface area contributed by atoms with Gasteiger partial charge in [0.25, 0.3) is 0 Å². The summed E-state index contributed by atoms with van der Waals surface area (Å²) in [6.45, 7) is 4.26. The SMILES string of the molecule is Cc1ccccc1N1CCC(N)C1. The van der Waals surface area contributed by atoms with Gasteiger partial charge in [-0.2, -0.15) is 0 Å². The molecule has 2 rings (SSSR count). The number of hydrogen-bond donors (Lipinski definition) is 1. The minimum Gasteiger partial charge on any atom is -0.370 e. The van der Waals surface area contributed by atoms with E-state index in [-0.39, 0.29) is 0 Å². The topological polar surface area (TPSA) is 29.3 Å². The maximum Gasteiger partial charge on any atom is 0.0396 e. The Bertz CT molecular complexity index is 296. The Labute approximate surface area is 79.4 Å². The molecule has 1 aliphatic rings. The van der Waals surface area contributed by atoms with Gasteiger partial charge < -0.3 is 10.6 Å². The average molecular weight is 176 g/mol. The Balaban J connectivity index is 2.21. The Hall–Kier alpha value is -1.02. The van der Waals surface area contributed by atoms with E-state index in [1.54, 1.807) is 0 Å². The van der Waals surface area contributed by atoms with Gasteiger partial charge in [0.15, 0.2) is 0 Å². The molecule has 1 fully saturated rings. The third-order valence-corrected chi connectivity index (χ3v) is 2.68. The predicted octanol–water partition coefficient (Wildman–Crippen LogP) is 1.53. The third kappa shape index (κ3) is 1.68. The van der Waals surface area contributed by atoms with Gasteiger partial charge in [-0.1, -0.05) is 18.2 Å². The second-order valence-electron chi connectivity index (χ2n) is 3.78. The van der Waals surface area contributed by atoms with Crippen LogP contribution in [0.25, 0.3) is 0 Å². The minimum absolute atomic E-state index is 0.361. The number of nitrogens with two attached hydrogens (primary N) is 1. The molecule has 0 aliphatic carbocycles. The van der Waals surface area contributed by atoms with Gasteiger partial charge in [0.1, 0.15) is 0 Å². The van der Waals surface area contributed by atoms with E-state index in [0.717, 1.165) is 19.5 Å². The zero-order valence-electron chi connectivity index (χ0n) is 8.03. The van der Waals surface area contributed by atoms with Gasteiger partial charge in [0, 0.05) is 24.8 Å². The molecule has 1 aliphatic heterocycles. The summed E-state index contributed by atoms with van der Waals surface area (Å²) in [5, 5.41) is 0. The van der Waals surface area contributed by atoms with Crippen LogP contribution in [0.5, 0.6) is 0 Å². The van der Waals surface area contributed by atoms with Crippen LogP contribution in [0.2, 0.25) is 0 Å². The molecule has 0 amide bonds. The average Bonchev–Trinajstić information content (AvgIpc) is 2.53. The molecule has 2 heteroatoms. The summed E-state index contributed by atoms with van der Waals surface area (Å²) in [4.78, 5) is 2.38. The Morgan fingerprint density at radius 2 is 2.15 bits per heavy atom. The van der Waals surface area contributed by atoms with Crippen molar-refractivity contribution in [2.24, 2.45) is 5.73 Å². The fraction of sp³-hybridized carbons (Fsp3) is 0.455. The molecule has 0 saturated carbocycles. The van der Waals surface area contributed by atoms with Gasteiger partial charge >= 0.3 is 0 Å². The molecule has 0 bridgehead atoms. The van der Waals surface area contributed by atoms with Crippen LogP contribution in [0.1, 0.15) is 12.0 Å². The van der Waals surface area contributed by atoms with Gasteiger partial charge in [-0.25, -0.2) is 0 Å². The van der Waals surface area contributed by atoms with Crippen molar-refractivity contribution in [1.29, 1.82) is 0 Å². The lowest BCUT2D eigenvalue weighted by atomic mass is 10.2. The van der Waals surface area contributed by atoms with E-state index in [1.807, 2.05) is 0 Å². The summed E-state index contributed by atoms with van der Waals surface area (Å²) in [7, 11) is 0. The molecule has 0 radical (unpaired) electrons. The molecule has 0 aromatic heterocycles. The first-order chi connectivity index (χ1) is 6.27. The monoisotopic (exact) mass is 176 g/mol. The number of rotatable bonds is 1. The number of anilines is 1. The van der Waals surface area contributed by atoms with E-state index in [2.05, 4.69) is 36.1 Å². The van der Waals surface area contributed by atoms with Crippen molar-refractivity contribution in [3.8, 4) is 0 Å². The number of nitrogens with zero attached hydrogens (tertiary/aromatic N) is 1.